The quantitative estimate of drug-likeness (QED) is 0.552. The van der Waals surface area contributed by atoms with Crippen molar-refractivity contribution in [1.82, 2.24) is 5.16 Å². The number of esters is 1. The molecule has 0 atom stereocenters. The van der Waals surface area contributed by atoms with Crippen LogP contribution in [0.3, 0.4) is 0 Å². The molecule has 3 aromatic rings. The molecule has 0 aliphatic carbocycles. The molecule has 29 heavy (non-hydrogen) atoms. The van der Waals surface area contributed by atoms with Gasteiger partial charge in [0, 0.05) is 5.56 Å². The number of carbonyl (C=O) groups is 1. The molecule has 10 heteroatoms. The van der Waals surface area contributed by atoms with Gasteiger partial charge in [-0.2, -0.15) is 0 Å². The van der Waals surface area contributed by atoms with E-state index in [0.717, 1.165) is 12.7 Å². The number of nitrogens with one attached hydrogen (secondary N) is 1. The van der Waals surface area contributed by atoms with E-state index in [1.165, 1.54) is 6.07 Å². The van der Waals surface area contributed by atoms with Gasteiger partial charge in [-0.1, -0.05) is 52.1 Å². The Balaban J connectivity index is 2.14. The van der Waals surface area contributed by atoms with Crippen LogP contribution in [-0.2, 0) is 14.8 Å². The molecule has 0 saturated heterocycles. The highest BCUT2D eigenvalue weighted by molar-refractivity contribution is 7.92. The number of hydrogen-bond acceptors (Lipinski definition) is 6. The number of hydrogen-bond donors (Lipinski definition) is 1. The first-order valence-corrected chi connectivity index (χ1v) is 10.5. The van der Waals surface area contributed by atoms with Crippen LogP contribution in [0, 0.1) is 13.8 Å². The van der Waals surface area contributed by atoms with Gasteiger partial charge in [-0.25, -0.2) is 17.9 Å². The maximum Gasteiger partial charge on any atom is 0.345 e. The fourth-order valence-electron chi connectivity index (χ4n) is 2.82. The monoisotopic (exact) mass is 454 g/mol. The third kappa shape index (κ3) is 4.10. The molecule has 3 rings (SSSR count). The van der Waals surface area contributed by atoms with Crippen molar-refractivity contribution >= 4 is 45.1 Å². The Labute approximate surface area is 177 Å². The molecule has 1 aromatic heterocycles. The minimum absolute atomic E-state index is 0.0349. The number of aromatic nitrogens is 1. The number of anilines is 1. The van der Waals surface area contributed by atoms with Crippen molar-refractivity contribution in [3.05, 3.63) is 63.1 Å². The third-order valence-corrected chi connectivity index (χ3v) is 6.25. The van der Waals surface area contributed by atoms with Crippen LogP contribution < -0.4 is 4.72 Å². The first-order valence-electron chi connectivity index (χ1n) is 8.28. The van der Waals surface area contributed by atoms with E-state index in [9.17, 15) is 13.2 Å². The molecule has 0 fully saturated rings. The lowest BCUT2D eigenvalue weighted by atomic mass is 10.1. The fraction of sp³-hybridized carbons (Fsp3) is 0.158. The van der Waals surface area contributed by atoms with Crippen molar-refractivity contribution in [2.24, 2.45) is 0 Å². The zero-order valence-electron chi connectivity index (χ0n) is 15.6. The minimum Gasteiger partial charge on any atom is -0.465 e. The number of ether oxygens (including phenoxy) is 1. The topological polar surface area (TPSA) is 98.5 Å². The fourth-order valence-corrected chi connectivity index (χ4v) is 4.62. The Morgan fingerprint density at radius 3 is 2.38 bits per heavy atom. The molecular weight excluding hydrogens is 439 g/mol. The van der Waals surface area contributed by atoms with E-state index < -0.39 is 21.9 Å². The first-order chi connectivity index (χ1) is 13.7. The Kier molecular flexibility index (Phi) is 5.88. The molecule has 0 saturated carbocycles. The Morgan fingerprint density at radius 2 is 1.79 bits per heavy atom. The zero-order chi connectivity index (χ0) is 21.3. The Hall–Kier alpha value is -2.55. The highest BCUT2D eigenvalue weighted by Crippen LogP contribution is 2.39. The van der Waals surface area contributed by atoms with Gasteiger partial charge in [0.05, 0.1) is 22.1 Å². The van der Waals surface area contributed by atoms with Gasteiger partial charge in [0.1, 0.15) is 5.69 Å². The van der Waals surface area contributed by atoms with Crippen LogP contribution in [0.5, 0.6) is 0 Å². The van der Waals surface area contributed by atoms with E-state index >= 15 is 0 Å². The van der Waals surface area contributed by atoms with Crippen molar-refractivity contribution in [1.29, 1.82) is 0 Å². The van der Waals surface area contributed by atoms with E-state index in [1.54, 1.807) is 37.3 Å². The lowest BCUT2D eigenvalue weighted by molar-refractivity contribution is 0.0602. The molecular formula is C19H16Cl2N2O5S. The predicted octanol–water partition coefficient (Wildman–Crippen LogP) is 4.85. The summed E-state index contributed by atoms with van der Waals surface area (Å²) >= 11 is 12.4. The normalized spacial score (nSPS) is 11.3. The molecule has 0 amide bonds. The van der Waals surface area contributed by atoms with E-state index in [4.69, 9.17) is 32.5 Å². The second kappa shape index (κ2) is 8.06. The summed E-state index contributed by atoms with van der Waals surface area (Å²) in [5, 5.41) is 4.24. The number of halogens is 2. The second-order valence-corrected chi connectivity index (χ2v) is 8.66. The summed E-state index contributed by atoms with van der Waals surface area (Å²) in [5.74, 6) is -1.27. The molecule has 0 aliphatic heterocycles. The lowest BCUT2D eigenvalue weighted by Gasteiger charge is -2.10. The lowest BCUT2D eigenvalue weighted by Crippen LogP contribution is -2.16. The molecule has 152 valence electrons. The van der Waals surface area contributed by atoms with E-state index in [0.29, 0.717) is 5.56 Å². The van der Waals surface area contributed by atoms with Crippen molar-refractivity contribution in [2.75, 3.05) is 11.8 Å². The number of carbonyl (C=O) groups excluding carboxylic acids is 1. The van der Waals surface area contributed by atoms with Crippen LogP contribution in [0.25, 0.3) is 11.3 Å². The third-order valence-electron chi connectivity index (χ3n) is 4.13. The van der Waals surface area contributed by atoms with Crippen LogP contribution in [0.15, 0.2) is 45.8 Å². The van der Waals surface area contributed by atoms with Crippen LogP contribution in [0.1, 0.15) is 21.5 Å². The molecule has 1 N–H and O–H groups in total. The number of benzene rings is 2. The van der Waals surface area contributed by atoms with Gasteiger partial charge in [0.2, 0.25) is 0 Å². The van der Waals surface area contributed by atoms with E-state index in [2.05, 4.69) is 9.88 Å². The average Bonchev–Trinajstić information content (AvgIpc) is 3.03. The minimum atomic E-state index is -4.07. The average molecular weight is 455 g/mol. The van der Waals surface area contributed by atoms with Gasteiger partial charge >= 0.3 is 5.97 Å². The SMILES string of the molecule is COC(=O)c1c(-c2c(Cl)cccc2Cl)noc1NS(=O)(=O)c1ccc(C)cc1C. The van der Waals surface area contributed by atoms with Gasteiger partial charge in [-0.05, 0) is 37.6 Å². The van der Waals surface area contributed by atoms with Crippen LogP contribution in [-0.4, -0.2) is 26.7 Å². The van der Waals surface area contributed by atoms with Crippen LogP contribution in [0.2, 0.25) is 10.0 Å². The molecule has 0 radical (unpaired) electrons. The number of aryl methyl sites for hydroxylation is 2. The zero-order valence-corrected chi connectivity index (χ0v) is 17.9. The Bertz CT molecular complexity index is 1190. The molecule has 0 aliphatic rings. The van der Waals surface area contributed by atoms with Crippen LogP contribution in [0.4, 0.5) is 5.88 Å². The molecule has 2 aromatic carbocycles. The summed E-state index contributed by atoms with van der Waals surface area (Å²) in [4.78, 5) is 12.4. The number of sulfonamides is 1. The van der Waals surface area contributed by atoms with Crippen molar-refractivity contribution < 1.29 is 22.5 Å². The molecule has 0 spiro atoms. The smallest absolute Gasteiger partial charge is 0.345 e. The van der Waals surface area contributed by atoms with Crippen molar-refractivity contribution in [2.45, 2.75) is 18.7 Å². The van der Waals surface area contributed by atoms with Gasteiger partial charge in [0.15, 0.2) is 5.56 Å². The number of methoxy groups -OCH3 is 1. The summed E-state index contributed by atoms with van der Waals surface area (Å²) in [6.07, 6.45) is 0. The van der Waals surface area contributed by atoms with Gasteiger partial charge in [-0.3, -0.25) is 0 Å². The standard InChI is InChI=1S/C19H16Cl2N2O5S/c1-10-7-8-14(11(2)9-10)29(25,26)23-18-16(19(24)27-3)17(22-28-18)15-12(20)5-4-6-13(15)21/h4-9,23H,1-3H3. The second-order valence-electron chi connectivity index (χ2n) is 6.20. The molecule has 1 heterocycles. The largest absolute Gasteiger partial charge is 0.465 e. The summed E-state index contributed by atoms with van der Waals surface area (Å²) in [5.41, 5.74) is 1.39. The van der Waals surface area contributed by atoms with E-state index in [-0.39, 0.29) is 31.8 Å². The molecule has 0 bridgehead atoms. The highest BCUT2D eigenvalue weighted by atomic mass is 35.5. The van der Waals surface area contributed by atoms with Gasteiger partial charge in [-0.15, -0.1) is 0 Å². The summed E-state index contributed by atoms with van der Waals surface area (Å²) in [6.45, 7) is 3.51. The Morgan fingerprint density at radius 1 is 1.14 bits per heavy atom. The maximum atomic E-state index is 12.9. The van der Waals surface area contributed by atoms with Crippen molar-refractivity contribution in [3.63, 3.8) is 0 Å². The summed E-state index contributed by atoms with van der Waals surface area (Å²) in [7, 11) is -2.92. The first kappa shape index (κ1) is 21.2. The van der Waals surface area contributed by atoms with Crippen LogP contribution >= 0.6 is 23.2 Å². The number of rotatable bonds is 5. The summed E-state index contributed by atoms with van der Waals surface area (Å²) in [6, 6.07) is 9.59. The summed E-state index contributed by atoms with van der Waals surface area (Å²) < 4.78 is 37.9. The van der Waals surface area contributed by atoms with Gasteiger partial charge in [0.25, 0.3) is 15.9 Å². The van der Waals surface area contributed by atoms with E-state index in [1.807, 2.05) is 6.92 Å². The molecule has 0 unspecified atom stereocenters. The predicted molar refractivity (Wildman–Crippen MR) is 110 cm³/mol. The van der Waals surface area contributed by atoms with Gasteiger partial charge < -0.3 is 9.26 Å². The van der Waals surface area contributed by atoms with Crippen molar-refractivity contribution in [3.8, 4) is 11.3 Å². The molecule has 7 nitrogen and oxygen atoms in total. The maximum absolute atomic E-state index is 12.9. The highest BCUT2D eigenvalue weighted by Gasteiger charge is 2.30. The number of nitrogens with zero attached hydrogens (tertiary/aromatic N) is 1.